The van der Waals surface area contributed by atoms with E-state index >= 15 is 0 Å². The highest BCUT2D eigenvalue weighted by atomic mass is 16.7. The number of fused-ring (bicyclic) bond motifs is 2. The van der Waals surface area contributed by atoms with Gasteiger partial charge in [0.05, 0.1) is 38.7 Å². The first-order valence-electron chi connectivity index (χ1n) is 8.97. The number of benzene rings is 2. The molecule has 1 aliphatic heterocycles. The third kappa shape index (κ3) is 3.04. The van der Waals surface area contributed by atoms with Crippen LogP contribution in [0.15, 0.2) is 41.4 Å². The summed E-state index contributed by atoms with van der Waals surface area (Å²) in [5.74, 6) is 2.22. The summed E-state index contributed by atoms with van der Waals surface area (Å²) in [5, 5.41) is 1.22. The van der Waals surface area contributed by atoms with E-state index in [1.807, 2.05) is 30.3 Å². The quantitative estimate of drug-likeness (QED) is 0.616. The number of pyridine rings is 1. The average Bonchev–Trinajstić information content (AvgIpc) is 3.20. The number of methoxy groups -OCH3 is 3. The van der Waals surface area contributed by atoms with E-state index in [0.717, 1.165) is 22.2 Å². The van der Waals surface area contributed by atoms with Crippen molar-refractivity contribution in [3.05, 3.63) is 52.5 Å². The summed E-state index contributed by atoms with van der Waals surface area (Å²) in [7, 11) is 6.37. The molecule has 2 heterocycles. The lowest BCUT2D eigenvalue weighted by atomic mass is 10.00. The Balaban J connectivity index is 2.02. The molecule has 29 heavy (non-hydrogen) atoms. The molecule has 0 bridgehead atoms. The van der Waals surface area contributed by atoms with Gasteiger partial charge >= 0.3 is 0 Å². The van der Waals surface area contributed by atoms with E-state index in [9.17, 15) is 4.79 Å². The SMILES string of the molecule is CO/C=C/c1cc2c(cc1-c1cc3ccc(OC)c(OC)c3c(=O)n1C)OCO2. The Morgan fingerprint density at radius 1 is 1.03 bits per heavy atom. The summed E-state index contributed by atoms with van der Waals surface area (Å²) >= 11 is 0. The summed E-state index contributed by atoms with van der Waals surface area (Å²) in [6.07, 6.45) is 3.40. The lowest BCUT2D eigenvalue weighted by Crippen LogP contribution is -2.19. The van der Waals surface area contributed by atoms with E-state index in [0.29, 0.717) is 28.4 Å². The fourth-order valence-electron chi connectivity index (χ4n) is 3.52. The van der Waals surface area contributed by atoms with Gasteiger partial charge in [0, 0.05) is 12.6 Å². The normalized spacial score (nSPS) is 12.6. The van der Waals surface area contributed by atoms with Crippen LogP contribution in [0.25, 0.3) is 28.1 Å². The zero-order chi connectivity index (χ0) is 20.5. The highest BCUT2D eigenvalue weighted by Gasteiger charge is 2.21. The molecular weight excluding hydrogens is 374 g/mol. The maximum absolute atomic E-state index is 13.3. The van der Waals surface area contributed by atoms with Crippen LogP contribution >= 0.6 is 0 Å². The summed E-state index contributed by atoms with van der Waals surface area (Å²) in [6.45, 7) is 0.167. The largest absolute Gasteiger partial charge is 0.504 e. The van der Waals surface area contributed by atoms with Gasteiger partial charge in [0.25, 0.3) is 5.56 Å². The van der Waals surface area contributed by atoms with E-state index in [4.69, 9.17) is 23.7 Å². The second-order valence-corrected chi connectivity index (χ2v) is 6.49. The van der Waals surface area contributed by atoms with Gasteiger partial charge in [-0.3, -0.25) is 4.79 Å². The van der Waals surface area contributed by atoms with Crippen molar-refractivity contribution in [1.82, 2.24) is 4.57 Å². The van der Waals surface area contributed by atoms with Gasteiger partial charge in [-0.2, -0.15) is 0 Å². The Labute approximate surface area is 167 Å². The van der Waals surface area contributed by atoms with Crippen molar-refractivity contribution < 1.29 is 23.7 Å². The Morgan fingerprint density at radius 3 is 2.48 bits per heavy atom. The van der Waals surface area contributed by atoms with Gasteiger partial charge < -0.3 is 28.3 Å². The lowest BCUT2D eigenvalue weighted by Gasteiger charge is -2.16. The predicted octanol–water partition coefficient (Wildman–Crippen LogP) is 3.57. The minimum Gasteiger partial charge on any atom is -0.504 e. The molecule has 0 amide bonds. The molecule has 0 radical (unpaired) electrons. The van der Waals surface area contributed by atoms with Crippen LogP contribution < -0.4 is 24.5 Å². The molecule has 3 aromatic rings. The first-order valence-corrected chi connectivity index (χ1v) is 8.97. The first kappa shape index (κ1) is 18.7. The van der Waals surface area contributed by atoms with E-state index in [1.165, 1.54) is 7.11 Å². The fraction of sp³-hybridized carbons (Fsp3) is 0.227. The molecule has 0 fully saturated rings. The van der Waals surface area contributed by atoms with Crippen molar-refractivity contribution in [2.45, 2.75) is 0 Å². The Hall–Kier alpha value is -3.61. The molecule has 0 aliphatic carbocycles. The maximum atomic E-state index is 13.3. The molecule has 0 spiro atoms. The second kappa shape index (κ2) is 7.43. The molecule has 0 saturated heterocycles. The van der Waals surface area contributed by atoms with Crippen molar-refractivity contribution in [1.29, 1.82) is 0 Å². The van der Waals surface area contributed by atoms with E-state index in [-0.39, 0.29) is 12.4 Å². The van der Waals surface area contributed by atoms with Crippen molar-refractivity contribution >= 4 is 16.8 Å². The zero-order valence-corrected chi connectivity index (χ0v) is 16.6. The Kier molecular flexibility index (Phi) is 4.80. The molecule has 0 atom stereocenters. The topological polar surface area (TPSA) is 68.2 Å². The van der Waals surface area contributed by atoms with Crippen LogP contribution in [0.4, 0.5) is 0 Å². The zero-order valence-electron chi connectivity index (χ0n) is 16.6. The van der Waals surface area contributed by atoms with Gasteiger partial charge in [-0.15, -0.1) is 0 Å². The minimum absolute atomic E-state index is 0.167. The van der Waals surface area contributed by atoms with Gasteiger partial charge in [0.2, 0.25) is 6.79 Å². The molecule has 7 nitrogen and oxygen atoms in total. The first-order chi connectivity index (χ1) is 14.1. The Morgan fingerprint density at radius 2 is 1.79 bits per heavy atom. The fourth-order valence-corrected chi connectivity index (χ4v) is 3.52. The third-order valence-electron chi connectivity index (χ3n) is 4.95. The number of hydrogen-bond acceptors (Lipinski definition) is 6. The van der Waals surface area contributed by atoms with Crippen LogP contribution in [0.3, 0.4) is 0 Å². The molecule has 1 aromatic heterocycles. The van der Waals surface area contributed by atoms with Crippen LogP contribution in [0, 0.1) is 0 Å². The molecule has 150 valence electrons. The number of rotatable bonds is 5. The summed E-state index contributed by atoms with van der Waals surface area (Å²) in [6, 6.07) is 9.32. The summed E-state index contributed by atoms with van der Waals surface area (Å²) in [4.78, 5) is 13.3. The van der Waals surface area contributed by atoms with E-state index in [1.54, 1.807) is 38.2 Å². The van der Waals surface area contributed by atoms with Gasteiger partial charge in [-0.25, -0.2) is 0 Å². The van der Waals surface area contributed by atoms with E-state index < -0.39 is 0 Å². The van der Waals surface area contributed by atoms with Gasteiger partial charge in [-0.1, -0.05) is 6.07 Å². The van der Waals surface area contributed by atoms with Gasteiger partial charge in [0.1, 0.15) is 0 Å². The monoisotopic (exact) mass is 395 g/mol. The molecule has 1 aliphatic rings. The second-order valence-electron chi connectivity index (χ2n) is 6.49. The molecule has 0 unspecified atom stereocenters. The number of ether oxygens (including phenoxy) is 5. The van der Waals surface area contributed by atoms with Crippen LogP contribution in [-0.4, -0.2) is 32.7 Å². The molecule has 0 saturated carbocycles. The van der Waals surface area contributed by atoms with Crippen LogP contribution in [0.1, 0.15) is 5.56 Å². The minimum atomic E-state index is -0.187. The number of hydrogen-bond donors (Lipinski definition) is 0. The Bertz CT molecular complexity index is 1180. The van der Waals surface area contributed by atoms with Gasteiger partial charge in [0.15, 0.2) is 23.0 Å². The highest BCUT2D eigenvalue weighted by Crippen LogP contribution is 2.40. The van der Waals surface area contributed by atoms with Gasteiger partial charge in [-0.05, 0) is 41.3 Å². The molecule has 7 heteroatoms. The molecule has 4 rings (SSSR count). The molecule has 0 N–H and O–H groups in total. The summed E-state index contributed by atoms with van der Waals surface area (Å²) < 4.78 is 28.5. The lowest BCUT2D eigenvalue weighted by molar-refractivity contribution is 0.174. The standard InChI is InChI=1S/C22H21NO6/c1-23-16(9-14-5-6-17(26-3)21(27-4)20(14)22(23)24)15-11-19-18(28-12-29-19)10-13(15)7-8-25-2/h5-11H,12H2,1-4H3/b8-7+. The number of nitrogens with zero attached hydrogens (tertiary/aromatic N) is 1. The van der Waals surface area contributed by atoms with Crippen molar-refractivity contribution in [3.8, 4) is 34.3 Å². The van der Waals surface area contributed by atoms with Crippen molar-refractivity contribution in [3.63, 3.8) is 0 Å². The molecule has 2 aromatic carbocycles. The van der Waals surface area contributed by atoms with Crippen LogP contribution in [0.2, 0.25) is 0 Å². The smallest absolute Gasteiger partial charge is 0.262 e. The average molecular weight is 395 g/mol. The molecular formula is C22H21NO6. The highest BCUT2D eigenvalue weighted by molar-refractivity contribution is 5.93. The van der Waals surface area contributed by atoms with Crippen LogP contribution in [0.5, 0.6) is 23.0 Å². The van der Waals surface area contributed by atoms with Crippen LogP contribution in [-0.2, 0) is 11.8 Å². The van der Waals surface area contributed by atoms with Crippen molar-refractivity contribution in [2.24, 2.45) is 7.05 Å². The summed E-state index contributed by atoms with van der Waals surface area (Å²) in [5.41, 5.74) is 2.20. The number of aromatic nitrogens is 1. The van der Waals surface area contributed by atoms with Crippen molar-refractivity contribution in [2.75, 3.05) is 28.1 Å². The third-order valence-corrected chi connectivity index (χ3v) is 4.95. The van der Waals surface area contributed by atoms with E-state index in [2.05, 4.69) is 0 Å². The maximum Gasteiger partial charge on any atom is 0.262 e. The predicted molar refractivity (Wildman–Crippen MR) is 110 cm³/mol.